The number of ether oxygens (including phenoxy) is 1. The summed E-state index contributed by atoms with van der Waals surface area (Å²) in [4.78, 5) is 14.0. The lowest BCUT2D eigenvalue weighted by Crippen LogP contribution is -2.42. The largest absolute Gasteiger partial charge is 0.379 e. The average Bonchev–Trinajstić information content (AvgIpc) is 2.53. The van der Waals surface area contributed by atoms with Crippen LogP contribution in [0.1, 0.15) is 25.3 Å². The molecule has 1 heterocycles. The molecule has 1 aromatic carbocycles. The first-order valence-electron chi connectivity index (χ1n) is 7.50. The molecule has 2 rings (SSSR count). The van der Waals surface area contributed by atoms with Crippen LogP contribution in [0.3, 0.4) is 0 Å². The summed E-state index contributed by atoms with van der Waals surface area (Å²) >= 11 is 0. The summed E-state index contributed by atoms with van der Waals surface area (Å²) in [6.07, 6.45) is 1.84. The average molecular weight is 289 g/mol. The van der Waals surface area contributed by atoms with Gasteiger partial charge in [0, 0.05) is 13.1 Å². The molecule has 1 amide bonds. The van der Waals surface area contributed by atoms with Crippen molar-refractivity contribution < 1.29 is 9.53 Å². The molecule has 5 heteroatoms. The number of nitrogens with one attached hydrogen (secondary N) is 1. The van der Waals surface area contributed by atoms with E-state index in [0.717, 1.165) is 37.2 Å². The number of hydrazone groups is 1. The number of amides is 1. The predicted molar refractivity (Wildman–Crippen MR) is 83.3 cm³/mol. The van der Waals surface area contributed by atoms with E-state index >= 15 is 0 Å². The molecule has 0 unspecified atom stereocenters. The highest BCUT2D eigenvalue weighted by molar-refractivity contribution is 6.01. The van der Waals surface area contributed by atoms with Crippen molar-refractivity contribution in [2.24, 2.45) is 5.10 Å². The van der Waals surface area contributed by atoms with Crippen LogP contribution >= 0.6 is 0 Å². The zero-order chi connectivity index (χ0) is 14.9. The summed E-state index contributed by atoms with van der Waals surface area (Å²) < 4.78 is 5.27. The van der Waals surface area contributed by atoms with E-state index in [4.69, 9.17) is 4.74 Å². The summed E-state index contributed by atoms with van der Waals surface area (Å²) in [6, 6.07) is 9.97. The third-order valence-electron chi connectivity index (χ3n) is 3.38. The van der Waals surface area contributed by atoms with Gasteiger partial charge in [0.15, 0.2) is 0 Å². The summed E-state index contributed by atoms with van der Waals surface area (Å²) in [5, 5.41) is 4.31. The van der Waals surface area contributed by atoms with Crippen molar-refractivity contribution in [1.29, 1.82) is 0 Å². The van der Waals surface area contributed by atoms with Gasteiger partial charge >= 0.3 is 0 Å². The molecule has 1 aromatic rings. The Morgan fingerprint density at radius 1 is 1.29 bits per heavy atom. The molecule has 1 aliphatic heterocycles. The minimum Gasteiger partial charge on any atom is -0.379 e. The summed E-state index contributed by atoms with van der Waals surface area (Å²) in [5.74, 6) is -0.0681. The van der Waals surface area contributed by atoms with Crippen molar-refractivity contribution in [2.75, 3.05) is 32.8 Å². The molecule has 1 aliphatic rings. The molecule has 0 spiro atoms. The Kier molecular flexibility index (Phi) is 6.37. The Balaban J connectivity index is 1.91. The van der Waals surface area contributed by atoms with Gasteiger partial charge in [0.2, 0.25) is 0 Å². The van der Waals surface area contributed by atoms with Crippen molar-refractivity contribution in [1.82, 2.24) is 10.3 Å². The van der Waals surface area contributed by atoms with Crippen LogP contribution in [-0.2, 0) is 9.53 Å². The van der Waals surface area contributed by atoms with Gasteiger partial charge in [-0.3, -0.25) is 9.69 Å². The molecule has 0 aromatic heterocycles. The van der Waals surface area contributed by atoms with Gasteiger partial charge in [-0.1, -0.05) is 43.7 Å². The fourth-order valence-corrected chi connectivity index (χ4v) is 2.26. The molecule has 1 fully saturated rings. The van der Waals surface area contributed by atoms with Gasteiger partial charge in [-0.25, -0.2) is 5.43 Å². The van der Waals surface area contributed by atoms with Crippen LogP contribution in [0.25, 0.3) is 0 Å². The second-order valence-corrected chi connectivity index (χ2v) is 5.10. The minimum absolute atomic E-state index is 0.0681. The van der Waals surface area contributed by atoms with Crippen molar-refractivity contribution in [3.63, 3.8) is 0 Å². The Morgan fingerprint density at radius 3 is 2.67 bits per heavy atom. The number of hydrogen-bond donors (Lipinski definition) is 1. The van der Waals surface area contributed by atoms with Gasteiger partial charge in [0.25, 0.3) is 5.91 Å². The highest BCUT2D eigenvalue weighted by atomic mass is 16.5. The Bertz CT molecular complexity index is 468. The smallest absolute Gasteiger partial charge is 0.254 e. The lowest BCUT2D eigenvalue weighted by molar-refractivity contribution is -0.123. The second-order valence-electron chi connectivity index (χ2n) is 5.10. The first kappa shape index (κ1) is 15.7. The second kappa shape index (κ2) is 8.54. The van der Waals surface area contributed by atoms with E-state index < -0.39 is 0 Å². The number of benzene rings is 1. The molecular weight excluding hydrogens is 266 g/mol. The van der Waals surface area contributed by atoms with Gasteiger partial charge in [0.1, 0.15) is 0 Å². The highest BCUT2D eigenvalue weighted by Crippen LogP contribution is 2.06. The SMILES string of the molecule is CCC/C(=N\NC(=O)CN1CCOCC1)c1ccccc1. The van der Waals surface area contributed by atoms with Crippen LogP contribution in [0.15, 0.2) is 35.4 Å². The molecular formula is C16H23N3O2. The summed E-state index contributed by atoms with van der Waals surface area (Å²) in [5.41, 5.74) is 4.67. The topological polar surface area (TPSA) is 53.9 Å². The van der Waals surface area contributed by atoms with E-state index in [-0.39, 0.29) is 5.91 Å². The molecule has 114 valence electrons. The molecule has 1 N–H and O–H groups in total. The van der Waals surface area contributed by atoms with Crippen molar-refractivity contribution in [3.05, 3.63) is 35.9 Å². The lowest BCUT2D eigenvalue weighted by Gasteiger charge is -2.25. The zero-order valence-corrected chi connectivity index (χ0v) is 12.5. The van der Waals surface area contributed by atoms with Crippen LogP contribution in [0.2, 0.25) is 0 Å². The van der Waals surface area contributed by atoms with Crippen molar-refractivity contribution in [3.8, 4) is 0 Å². The molecule has 0 radical (unpaired) electrons. The van der Waals surface area contributed by atoms with Gasteiger partial charge < -0.3 is 4.74 Å². The van der Waals surface area contributed by atoms with Gasteiger partial charge in [-0.15, -0.1) is 0 Å². The zero-order valence-electron chi connectivity index (χ0n) is 12.5. The van der Waals surface area contributed by atoms with Crippen molar-refractivity contribution in [2.45, 2.75) is 19.8 Å². The van der Waals surface area contributed by atoms with Crippen LogP contribution < -0.4 is 5.43 Å². The quantitative estimate of drug-likeness (QED) is 0.640. The number of rotatable bonds is 6. The predicted octanol–water partition coefficient (Wildman–Crippen LogP) is 1.64. The summed E-state index contributed by atoms with van der Waals surface area (Å²) in [7, 11) is 0. The normalized spacial score (nSPS) is 16.7. The lowest BCUT2D eigenvalue weighted by atomic mass is 10.1. The summed E-state index contributed by atoms with van der Waals surface area (Å²) in [6.45, 7) is 5.48. The van der Waals surface area contributed by atoms with E-state index in [9.17, 15) is 4.79 Å². The van der Waals surface area contributed by atoms with Crippen LogP contribution in [0.5, 0.6) is 0 Å². The maximum atomic E-state index is 12.0. The van der Waals surface area contributed by atoms with Crippen LogP contribution in [-0.4, -0.2) is 49.4 Å². The van der Waals surface area contributed by atoms with Crippen LogP contribution in [0, 0.1) is 0 Å². The molecule has 21 heavy (non-hydrogen) atoms. The maximum Gasteiger partial charge on any atom is 0.254 e. The standard InChI is InChI=1S/C16H23N3O2/c1-2-6-15(14-7-4-3-5-8-14)17-18-16(20)13-19-9-11-21-12-10-19/h3-5,7-8H,2,6,9-13H2,1H3,(H,18,20)/b17-15+. The Hall–Kier alpha value is -1.72. The molecule has 5 nitrogen and oxygen atoms in total. The molecule has 0 saturated carbocycles. The third kappa shape index (κ3) is 5.28. The number of carbonyl (C=O) groups is 1. The molecule has 0 bridgehead atoms. The molecule has 1 saturated heterocycles. The van der Waals surface area contributed by atoms with Crippen LogP contribution in [0.4, 0.5) is 0 Å². The van der Waals surface area contributed by atoms with E-state index in [1.54, 1.807) is 0 Å². The third-order valence-corrected chi connectivity index (χ3v) is 3.38. The molecule has 0 aliphatic carbocycles. The highest BCUT2D eigenvalue weighted by Gasteiger charge is 2.13. The maximum absolute atomic E-state index is 12.0. The van der Waals surface area contributed by atoms with Gasteiger partial charge in [0.05, 0.1) is 25.5 Å². The number of morpholine rings is 1. The Labute approximate surface area is 126 Å². The number of nitrogens with zero attached hydrogens (tertiary/aromatic N) is 2. The Morgan fingerprint density at radius 2 is 2.00 bits per heavy atom. The monoisotopic (exact) mass is 289 g/mol. The number of hydrogen-bond acceptors (Lipinski definition) is 4. The van der Waals surface area contributed by atoms with E-state index in [1.807, 2.05) is 30.3 Å². The first-order valence-corrected chi connectivity index (χ1v) is 7.50. The van der Waals surface area contributed by atoms with Crippen molar-refractivity contribution >= 4 is 11.6 Å². The van der Waals surface area contributed by atoms with E-state index in [0.29, 0.717) is 19.8 Å². The van der Waals surface area contributed by atoms with E-state index in [1.165, 1.54) is 0 Å². The fraction of sp³-hybridized carbons (Fsp3) is 0.500. The number of carbonyl (C=O) groups excluding carboxylic acids is 1. The van der Waals surface area contributed by atoms with E-state index in [2.05, 4.69) is 22.4 Å². The first-order chi connectivity index (χ1) is 10.3. The van der Waals surface area contributed by atoms with Gasteiger partial charge in [-0.05, 0) is 12.0 Å². The van der Waals surface area contributed by atoms with Gasteiger partial charge in [-0.2, -0.15) is 5.10 Å². The minimum atomic E-state index is -0.0681. The molecule has 0 atom stereocenters. The fourth-order valence-electron chi connectivity index (χ4n) is 2.26.